The Balaban J connectivity index is 1.94. The Hall–Kier alpha value is -2.18. The average molecular weight is 355 g/mol. The molecule has 0 spiro atoms. The molecule has 2 aromatic carbocycles. The second-order valence-corrected chi connectivity index (χ2v) is 5.75. The number of hydrogen-bond donors (Lipinski definition) is 1. The lowest BCUT2D eigenvalue weighted by molar-refractivity contribution is -0.117. The summed E-state index contributed by atoms with van der Waals surface area (Å²) in [7, 11) is 3.10. The zero-order valence-electron chi connectivity index (χ0n) is 13.3. The Morgan fingerprint density at radius 1 is 1.21 bits per heavy atom. The van der Waals surface area contributed by atoms with E-state index in [-0.39, 0.29) is 18.0 Å². The van der Waals surface area contributed by atoms with E-state index in [1.807, 2.05) is 0 Å². The smallest absolute Gasteiger partial charge is 0.238 e. The van der Waals surface area contributed by atoms with Gasteiger partial charge in [-0.05, 0) is 42.9 Å². The van der Waals surface area contributed by atoms with Crippen LogP contribution < -0.4 is 10.1 Å². The number of nitrogens with one attached hydrogen (secondary N) is 1. The molecule has 0 bridgehead atoms. The summed E-state index contributed by atoms with van der Waals surface area (Å²) in [6.45, 7) is 0.367. The summed E-state index contributed by atoms with van der Waals surface area (Å²) >= 11 is 5.78. The number of amides is 1. The van der Waals surface area contributed by atoms with Crippen molar-refractivity contribution in [1.82, 2.24) is 4.90 Å². The molecule has 0 atom stereocenters. The highest BCUT2D eigenvalue weighted by Gasteiger charge is 2.12. The van der Waals surface area contributed by atoms with Crippen molar-refractivity contribution in [1.29, 1.82) is 0 Å². The molecule has 0 saturated heterocycles. The third kappa shape index (κ3) is 4.91. The number of benzene rings is 2. The van der Waals surface area contributed by atoms with Gasteiger partial charge in [-0.2, -0.15) is 0 Å². The van der Waals surface area contributed by atoms with E-state index in [2.05, 4.69) is 5.32 Å². The first-order valence-electron chi connectivity index (χ1n) is 7.15. The van der Waals surface area contributed by atoms with Crippen LogP contribution in [0, 0.1) is 11.6 Å². The van der Waals surface area contributed by atoms with Crippen LogP contribution in [-0.4, -0.2) is 31.5 Å². The zero-order valence-corrected chi connectivity index (χ0v) is 14.0. The van der Waals surface area contributed by atoms with Crippen molar-refractivity contribution in [2.45, 2.75) is 6.54 Å². The molecular formula is C17H17ClF2N2O2. The Kier molecular flexibility index (Phi) is 6.11. The molecule has 0 aliphatic rings. The van der Waals surface area contributed by atoms with Crippen LogP contribution in [0.4, 0.5) is 14.5 Å². The molecule has 0 fully saturated rings. The fourth-order valence-corrected chi connectivity index (χ4v) is 2.38. The highest BCUT2D eigenvalue weighted by Crippen LogP contribution is 2.20. The topological polar surface area (TPSA) is 41.6 Å². The molecule has 0 heterocycles. The van der Waals surface area contributed by atoms with Crippen molar-refractivity contribution in [3.8, 4) is 5.75 Å². The van der Waals surface area contributed by atoms with E-state index in [1.165, 1.54) is 37.4 Å². The Labute approximate surface area is 144 Å². The maximum atomic E-state index is 13.7. The van der Waals surface area contributed by atoms with Crippen LogP contribution in [0.5, 0.6) is 5.75 Å². The molecule has 0 aliphatic carbocycles. The van der Waals surface area contributed by atoms with E-state index in [0.29, 0.717) is 17.1 Å². The van der Waals surface area contributed by atoms with E-state index < -0.39 is 17.5 Å². The Bertz CT molecular complexity index is 741. The molecule has 24 heavy (non-hydrogen) atoms. The number of carbonyl (C=O) groups is 1. The highest BCUT2D eigenvalue weighted by molar-refractivity contribution is 6.30. The van der Waals surface area contributed by atoms with Crippen molar-refractivity contribution < 1.29 is 18.3 Å². The largest absolute Gasteiger partial charge is 0.494 e. The predicted molar refractivity (Wildman–Crippen MR) is 89.3 cm³/mol. The van der Waals surface area contributed by atoms with Gasteiger partial charge in [0, 0.05) is 11.6 Å². The van der Waals surface area contributed by atoms with Crippen LogP contribution in [0.25, 0.3) is 0 Å². The Morgan fingerprint density at radius 2 is 1.96 bits per heavy atom. The number of methoxy groups -OCH3 is 1. The third-order valence-electron chi connectivity index (χ3n) is 3.28. The molecule has 1 amide bonds. The quantitative estimate of drug-likeness (QED) is 0.860. The van der Waals surface area contributed by atoms with Crippen LogP contribution in [0.1, 0.15) is 5.56 Å². The SMILES string of the molecule is COc1ccc(CN(C)CC(=O)Nc2cc(Cl)ccc2F)cc1F. The number of carbonyl (C=O) groups excluding carboxylic acids is 1. The van der Waals surface area contributed by atoms with Crippen molar-refractivity contribution in [3.05, 3.63) is 58.6 Å². The number of halogens is 3. The van der Waals surface area contributed by atoms with E-state index in [4.69, 9.17) is 16.3 Å². The van der Waals surface area contributed by atoms with Crippen molar-refractivity contribution in [2.24, 2.45) is 0 Å². The van der Waals surface area contributed by atoms with Gasteiger partial charge in [-0.15, -0.1) is 0 Å². The molecule has 7 heteroatoms. The van der Waals surface area contributed by atoms with Crippen LogP contribution in [0.2, 0.25) is 5.02 Å². The summed E-state index contributed by atoms with van der Waals surface area (Å²) in [5.41, 5.74) is 0.717. The predicted octanol–water partition coefficient (Wildman–Crippen LogP) is 3.70. The molecule has 1 N–H and O–H groups in total. The lowest BCUT2D eigenvalue weighted by Gasteiger charge is -2.17. The Morgan fingerprint density at radius 3 is 2.62 bits per heavy atom. The minimum absolute atomic E-state index is 0.0135. The minimum atomic E-state index is -0.562. The molecule has 128 valence electrons. The van der Waals surface area contributed by atoms with Gasteiger partial charge in [-0.3, -0.25) is 9.69 Å². The monoisotopic (exact) mass is 354 g/mol. The van der Waals surface area contributed by atoms with Gasteiger partial charge in [0.1, 0.15) is 5.82 Å². The maximum absolute atomic E-state index is 13.7. The first kappa shape index (κ1) is 18.2. The van der Waals surface area contributed by atoms with Crippen LogP contribution in [0.3, 0.4) is 0 Å². The van der Waals surface area contributed by atoms with Crippen molar-refractivity contribution >= 4 is 23.2 Å². The average Bonchev–Trinajstić information content (AvgIpc) is 2.51. The zero-order chi connectivity index (χ0) is 17.7. The fraction of sp³-hybridized carbons (Fsp3) is 0.235. The molecule has 2 aromatic rings. The van der Waals surface area contributed by atoms with Gasteiger partial charge in [0.05, 0.1) is 19.3 Å². The second-order valence-electron chi connectivity index (χ2n) is 5.31. The number of anilines is 1. The molecule has 0 aromatic heterocycles. The number of ether oxygens (including phenoxy) is 1. The molecule has 4 nitrogen and oxygen atoms in total. The summed E-state index contributed by atoms with van der Waals surface area (Å²) in [5, 5.41) is 2.79. The molecule has 0 radical (unpaired) electrons. The van der Waals surface area contributed by atoms with Gasteiger partial charge in [-0.25, -0.2) is 8.78 Å². The van der Waals surface area contributed by atoms with Gasteiger partial charge in [-0.1, -0.05) is 17.7 Å². The summed E-state index contributed by atoms with van der Waals surface area (Å²) in [5.74, 6) is -1.26. The normalized spacial score (nSPS) is 10.8. The summed E-state index contributed by atoms with van der Waals surface area (Å²) in [6, 6.07) is 8.52. The first-order chi connectivity index (χ1) is 11.4. The number of hydrogen-bond acceptors (Lipinski definition) is 3. The lowest BCUT2D eigenvalue weighted by atomic mass is 10.2. The fourth-order valence-electron chi connectivity index (χ4n) is 2.20. The van der Waals surface area contributed by atoms with Crippen molar-refractivity contribution in [3.63, 3.8) is 0 Å². The molecule has 0 unspecified atom stereocenters. The maximum Gasteiger partial charge on any atom is 0.238 e. The van der Waals surface area contributed by atoms with E-state index in [9.17, 15) is 13.6 Å². The van der Waals surface area contributed by atoms with Gasteiger partial charge >= 0.3 is 0 Å². The number of rotatable bonds is 6. The first-order valence-corrected chi connectivity index (χ1v) is 7.52. The molecule has 2 rings (SSSR count). The molecule has 0 saturated carbocycles. The summed E-state index contributed by atoms with van der Waals surface area (Å²) < 4.78 is 32.1. The molecule has 0 aliphatic heterocycles. The van der Waals surface area contributed by atoms with Gasteiger partial charge in [0.2, 0.25) is 5.91 Å². The number of nitrogens with zero attached hydrogens (tertiary/aromatic N) is 1. The van der Waals surface area contributed by atoms with Gasteiger partial charge in [0.15, 0.2) is 11.6 Å². The summed E-state index contributed by atoms with van der Waals surface area (Å²) in [6.07, 6.45) is 0. The number of likely N-dealkylation sites (N-methyl/N-ethyl adjacent to an activating group) is 1. The lowest BCUT2D eigenvalue weighted by Crippen LogP contribution is -2.30. The summed E-state index contributed by atoms with van der Waals surface area (Å²) in [4.78, 5) is 13.7. The van der Waals surface area contributed by atoms with Crippen LogP contribution in [0.15, 0.2) is 36.4 Å². The van der Waals surface area contributed by atoms with Crippen LogP contribution >= 0.6 is 11.6 Å². The highest BCUT2D eigenvalue weighted by atomic mass is 35.5. The van der Waals surface area contributed by atoms with E-state index in [1.54, 1.807) is 18.0 Å². The van der Waals surface area contributed by atoms with Gasteiger partial charge < -0.3 is 10.1 Å². The minimum Gasteiger partial charge on any atom is -0.494 e. The van der Waals surface area contributed by atoms with E-state index >= 15 is 0 Å². The van der Waals surface area contributed by atoms with Gasteiger partial charge in [0.25, 0.3) is 0 Å². The third-order valence-corrected chi connectivity index (χ3v) is 3.52. The van der Waals surface area contributed by atoms with Crippen LogP contribution in [-0.2, 0) is 11.3 Å². The molecular weight excluding hydrogens is 338 g/mol. The second kappa shape index (κ2) is 8.08. The standard InChI is InChI=1S/C17H17ClF2N2O2/c1-22(9-11-3-6-16(24-2)14(20)7-11)10-17(23)21-15-8-12(18)4-5-13(15)19/h3-8H,9-10H2,1-2H3,(H,21,23). The van der Waals surface area contributed by atoms with E-state index in [0.717, 1.165) is 0 Å². The van der Waals surface area contributed by atoms with Crippen molar-refractivity contribution in [2.75, 3.05) is 26.0 Å².